The third kappa shape index (κ3) is 7.06. The fourth-order valence-electron chi connectivity index (χ4n) is 4.27. The quantitative estimate of drug-likeness (QED) is 0.198. The van der Waals surface area contributed by atoms with Crippen LogP contribution < -0.4 is 15.8 Å². The highest BCUT2D eigenvalue weighted by Gasteiger charge is 2.28. The topological polar surface area (TPSA) is 117 Å². The highest BCUT2D eigenvalue weighted by molar-refractivity contribution is 6.08. The van der Waals surface area contributed by atoms with Gasteiger partial charge in [0.1, 0.15) is 11.5 Å². The lowest BCUT2D eigenvalue weighted by molar-refractivity contribution is 0.0598. The maximum absolute atomic E-state index is 13.6. The number of carbonyl (C=O) groups excluding carboxylic acids is 3. The van der Waals surface area contributed by atoms with Gasteiger partial charge in [0.15, 0.2) is 0 Å². The molecule has 0 fully saturated rings. The van der Waals surface area contributed by atoms with Gasteiger partial charge in [0.2, 0.25) is 0 Å². The Bertz CT molecular complexity index is 1420. The molecule has 0 saturated carbocycles. The first-order valence-electron chi connectivity index (χ1n) is 13.6. The monoisotopic (exact) mass is 560 g/mol. The molecule has 3 aromatic carbocycles. The SMILES string of the molecule is CCC(C)(C)c1ccc(Oc2ccc(N)cc2C(=O)Nc2cc(C(=O)OC)cc(C(=O)OC)c2)c(C(C)(C)CC)c1. The summed E-state index contributed by atoms with van der Waals surface area (Å²) in [4.78, 5) is 38.0. The second kappa shape index (κ2) is 12.5. The molecule has 0 unspecified atom stereocenters. The van der Waals surface area contributed by atoms with Gasteiger partial charge in [-0.15, -0.1) is 0 Å². The first kappa shape index (κ1) is 31.2. The number of rotatable bonds is 10. The molecule has 8 nitrogen and oxygen atoms in total. The second-order valence-corrected chi connectivity index (χ2v) is 11.3. The number of nitrogen functional groups attached to an aromatic ring is 1. The molecule has 0 aliphatic carbocycles. The first-order valence-corrected chi connectivity index (χ1v) is 13.6. The molecule has 218 valence electrons. The van der Waals surface area contributed by atoms with Crippen LogP contribution in [0.2, 0.25) is 0 Å². The molecule has 0 aliphatic rings. The fourth-order valence-corrected chi connectivity index (χ4v) is 4.27. The lowest BCUT2D eigenvalue weighted by Crippen LogP contribution is -2.21. The van der Waals surface area contributed by atoms with E-state index in [1.807, 2.05) is 6.07 Å². The molecule has 0 bridgehead atoms. The molecule has 41 heavy (non-hydrogen) atoms. The van der Waals surface area contributed by atoms with Crippen LogP contribution in [-0.2, 0) is 20.3 Å². The lowest BCUT2D eigenvalue weighted by Gasteiger charge is -2.30. The van der Waals surface area contributed by atoms with Gasteiger partial charge in [0.25, 0.3) is 5.91 Å². The minimum absolute atomic E-state index is 0.00880. The molecule has 0 spiro atoms. The standard InChI is InChI=1S/C33H40N2O6/c1-9-32(3,4)22-11-13-28(26(18-22)33(5,6)10-2)41-27-14-12-23(34)19-25(27)29(36)35-24-16-20(30(37)39-7)15-21(17-24)31(38)40-8/h11-19H,9-10,34H2,1-8H3,(H,35,36). The summed E-state index contributed by atoms with van der Waals surface area (Å²) in [6, 6.07) is 15.2. The van der Waals surface area contributed by atoms with Crippen molar-refractivity contribution in [3.05, 3.63) is 82.4 Å². The number of carbonyl (C=O) groups is 3. The molecule has 0 saturated heterocycles. The Balaban J connectivity index is 2.06. The second-order valence-electron chi connectivity index (χ2n) is 11.3. The van der Waals surface area contributed by atoms with Gasteiger partial charge < -0.3 is 25.3 Å². The number of nitrogens with two attached hydrogens (primary N) is 1. The number of methoxy groups -OCH3 is 2. The highest BCUT2D eigenvalue weighted by atomic mass is 16.5. The minimum atomic E-state index is -0.667. The van der Waals surface area contributed by atoms with Crippen molar-refractivity contribution in [1.29, 1.82) is 0 Å². The maximum Gasteiger partial charge on any atom is 0.337 e. The fraction of sp³-hybridized carbons (Fsp3) is 0.364. The van der Waals surface area contributed by atoms with Crippen LogP contribution in [0, 0.1) is 0 Å². The number of ether oxygens (including phenoxy) is 3. The number of esters is 2. The molecular formula is C33H40N2O6. The summed E-state index contributed by atoms with van der Waals surface area (Å²) in [5.74, 6) is -0.915. The Morgan fingerprint density at radius 3 is 1.85 bits per heavy atom. The van der Waals surface area contributed by atoms with Gasteiger partial charge in [-0.3, -0.25) is 4.79 Å². The van der Waals surface area contributed by atoms with E-state index in [9.17, 15) is 14.4 Å². The molecule has 3 rings (SSSR count). The van der Waals surface area contributed by atoms with Gasteiger partial charge in [0.05, 0.1) is 30.9 Å². The van der Waals surface area contributed by atoms with Crippen LogP contribution in [0.25, 0.3) is 0 Å². The van der Waals surface area contributed by atoms with Crippen molar-refractivity contribution in [2.24, 2.45) is 0 Å². The Morgan fingerprint density at radius 2 is 1.32 bits per heavy atom. The number of hydrogen-bond donors (Lipinski definition) is 2. The van der Waals surface area contributed by atoms with Crippen LogP contribution in [-0.4, -0.2) is 32.1 Å². The average molecular weight is 561 g/mol. The number of amides is 1. The van der Waals surface area contributed by atoms with Crippen molar-refractivity contribution in [2.75, 3.05) is 25.3 Å². The van der Waals surface area contributed by atoms with Crippen molar-refractivity contribution < 1.29 is 28.6 Å². The van der Waals surface area contributed by atoms with E-state index in [4.69, 9.17) is 19.9 Å². The van der Waals surface area contributed by atoms with Crippen molar-refractivity contribution >= 4 is 29.2 Å². The van der Waals surface area contributed by atoms with Gasteiger partial charge >= 0.3 is 11.9 Å². The summed E-state index contributed by atoms with van der Waals surface area (Å²) < 4.78 is 16.0. The van der Waals surface area contributed by atoms with Gasteiger partial charge in [-0.05, 0) is 71.7 Å². The van der Waals surface area contributed by atoms with Crippen LogP contribution in [0.3, 0.4) is 0 Å². The average Bonchev–Trinajstić information content (AvgIpc) is 2.96. The van der Waals surface area contributed by atoms with Gasteiger partial charge in [-0.25, -0.2) is 9.59 Å². The summed E-state index contributed by atoms with van der Waals surface area (Å²) in [5, 5.41) is 2.75. The number of hydrogen-bond acceptors (Lipinski definition) is 7. The zero-order chi connectivity index (χ0) is 30.5. The van der Waals surface area contributed by atoms with Crippen LogP contribution in [0.5, 0.6) is 11.5 Å². The van der Waals surface area contributed by atoms with E-state index in [1.54, 1.807) is 12.1 Å². The molecule has 0 radical (unpaired) electrons. The summed E-state index contributed by atoms with van der Waals surface area (Å²) in [7, 11) is 2.46. The van der Waals surface area contributed by atoms with Crippen LogP contribution in [0.4, 0.5) is 11.4 Å². The van der Waals surface area contributed by atoms with E-state index in [0.29, 0.717) is 17.2 Å². The Kier molecular flexibility index (Phi) is 9.48. The maximum atomic E-state index is 13.6. The van der Waals surface area contributed by atoms with E-state index in [2.05, 4.69) is 59.0 Å². The molecule has 3 aromatic rings. The normalized spacial score (nSPS) is 11.5. The summed E-state index contributed by atoms with van der Waals surface area (Å²) in [6.45, 7) is 13.1. The number of benzene rings is 3. The van der Waals surface area contributed by atoms with Crippen LogP contribution in [0.15, 0.2) is 54.6 Å². The molecule has 0 heterocycles. The van der Waals surface area contributed by atoms with Crippen molar-refractivity contribution in [3.63, 3.8) is 0 Å². The summed E-state index contributed by atoms with van der Waals surface area (Å²) in [5.41, 5.74) is 9.03. The number of nitrogens with one attached hydrogen (secondary N) is 1. The molecule has 0 atom stereocenters. The van der Waals surface area contributed by atoms with E-state index in [-0.39, 0.29) is 33.2 Å². The van der Waals surface area contributed by atoms with Gasteiger partial charge in [0, 0.05) is 16.9 Å². The van der Waals surface area contributed by atoms with Gasteiger partial charge in [-0.1, -0.05) is 53.7 Å². The minimum Gasteiger partial charge on any atom is -0.465 e. The zero-order valence-electron chi connectivity index (χ0n) is 25.1. The Morgan fingerprint density at radius 1 is 0.756 bits per heavy atom. The summed E-state index contributed by atoms with van der Waals surface area (Å²) in [6.07, 6.45) is 1.86. The van der Waals surface area contributed by atoms with Crippen molar-refractivity contribution in [2.45, 2.75) is 65.2 Å². The Labute approximate surface area is 242 Å². The molecule has 8 heteroatoms. The molecule has 1 amide bonds. The third-order valence-electron chi connectivity index (χ3n) is 7.76. The van der Waals surface area contributed by atoms with E-state index in [1.165, 1.54) is 44.0 Å². The first-order chi connectivity index (χ1) is 19.3. The predicted molar refractivity (Wildman–Crippen MR) is 161 cm³/mol. The largest absolute Gasteiger partial charge is 0.465 e. The van der Waals surface area contributed by atoms with E-state index < -0.39 is 17.8 Å². The number of anilines is 2. The molecular weight excluding hydrogens is 520 g/mol. The molecule has 0 aliphatic heterocycles. The van der Waals surface area contributed by atoms with E-state index >= 15 is 0 Å². The highest BCUT2D eigenvalue weighted by Crippen LogP contribution is 2.41. The molecule has 0 aromatic heterocycles. The summed E-state index contributed by atoms with van der Waals surface area (Å²) >= 11 is 0. The lowest BCUT2D eigenvalue weighted by atomic mass is 9.76. The zero-order valence-corrected chi connectivity index (χ0v) is 25.1. The smallest absolute Gasteiger partial charge is 0.337 e. The van der Waals surface area contributed by atoms with Gasteiger partial charge in [-0.2, -0.15) is 0 Å². The van der Waals surface area contributed by atoms with Crippen LogP contribution >= 0.6 is 0 Å². The predicted octanol–water partition coefficient (Wildman–Crippen LogP) is 7.26. The van der Waals surface area contributed by atoms with Crippen molar-refractivity contribution in [3.8, 4) is 11.5 Å². The van der Waals surface area contributed by atoms with Crippen LogP contribution in [0.1, 0.15) is 96.6 Å². The third-order valence-corrected chi connectivity index (χ3v) is 7.76. The van der Waals surface area contributed by atoms with Crippen molar-refractivity contribution in [1.82, 2.24) is 0 Å². The van der Waals surface area contributed by atoms with E-state index in [0.717, 1.165) is 18.4 Å². The molecule has 3 N–H and O–H groups in total. The Hall–Kier alpha value is -4.33.